The van der Waals surface area contributed by atoms with Gasteiger partial charge in [0.25, 0.3) is 0 Å². The SMILES string of the molecule is COCCCCNC(CC(F)(F)F)c1ccccc1. The molecular weight excluding hydrogens is 255 g/mol. The maximum absolute atomic E-state index is 12.6. The minimum atomic E-state index is -4.17. The number of unbranched alkanes of at least 4 members (excludes halogenated alkanes) is 1. The molecule has 0 heterocycles. The second-order valence-corrected chi connectivity index (χ2v) is 4.44. The van der Waals surface area contributed by atoms with Crippen molar-refractivity contribution in [3.05, 3.63) is 35.9 Å². The Morgan fingerprint density at radius 3 is 2.42 bits per heavy atom. The Morgan fingerprint density at radius 1 is 1.16 bits per heavy atom. The van der Waals surface area contributed by atoms with Gasteiger partial charge < -0.3 is 10.1 Å². The van der Waals surface area contributed by atoms with Gasteiger partial charge in [0.15, 0.2) is 0 Å². The zero-order valence-electron chi connectivity index (χ0n) is 11.0. The summed E-state index contributed by atoms with van der Waals surface area (Å²) < 4.78 is 42.6. The van der Waals surface area contributed by atoms with Gasteiger partial charge in [-0.3, -0.25) is 0 Å². The van der Waals surface area contributed by atoms with Gasteiger partial charge in [-0.15, -0.1) is 0 Å². The fraction of sp³-hybridized carbons (Fsp3) is 0.571. The lowest BCUT2D eigenvalue weighted by molar-refractivity contribution is -0.140. The summed E-state index contributed by atoms with van der Waals surface area (Å²) in [6.45, 7) is 1.19. The first kappa shape index (κ1) is 16.0. The average molecular weight is 275 g/mol. The van der Waals surface area contributed by atoms with E-state index in [9.17, 15) is 13.2 Å². The molecule has 0 radical (unpaired) electrons. The quantitative estimate of drug-likeness (QED) is 0.730. The van der Waals surface area contributed by atoms with Crippen molar-refractivity contribution in [3.8, 4) is 0 Å². The molecule has 0 amide bonds. The summed E-state index contributed by atoms with van der Waals surface area (Å²) in [4.78, 5) is 0. The molecule has 0 aliphatic heterocycles. The molecule has 5 heteroatoms. The molecular formula is C14H20F3NO. The Morgan fingerprint density at radius 2 is 1.84 bits per heavy atom. The predicted octanol–water partition coefficient (Wildman–Crippen LogP) is 3.70. The average Bonchev–Trinajstić information content (AvgIpc) is 2.37. The van der Waals surface area contributed by atoms with E-state index in [1.807, 2.05) is 0 Å². The standard InChI is InChI=1S/C14H20F3NO/c1-19-10-6-5-9-18-13(11-14(15,16)17)12-7-3-2-4-8-12/h2-4,7-8,13,18H,5-6,9-11H2,1H3. The van der Waals surface area contributed by atoms with E-state index in [0.717, 1.165) is 12.8 Å². The van der Waals surface area contributed by atoms with E-state index in [0.29, 0.717) is 18.7 Å². The fourth-order valence-electron chi connectivity index (χ4n) is 1.87. The van der Waals surface area contributed by atoms with Gasteiger partial charge in [-0.2, -0.15) is 13.2 Å². The van der Waals surface area contributed by atoms with Crippen molar-refractivity contribution >= 4 is 0 Å². The van der Waals surface area contributed by atoms with Gasteiger partial charge in [0, 0.05) is 19.8 Å². The van der Waals surface area contributed by atoms with Crippen LogP contribution in [0.15, 0.2) is 30.3 Å². The molecule has 1 unspecified atom stereocenters. The topological polar surface area (TPSA) is 21.3 Å². The lowest BCUT2D eigenvalue weighted by Gasteiger charge is -2.20. The van der Waals surface area contributed by atoms with Gasteiger partial charge in [0.05, 0.1) is 6.42 Å². The summed E-state index contributed by atoms with van der Waals surface area (Å²) in [6, 6.07) is 8.07. The van der Waals surface area contributed by atoms with Crippen LogP contribution in [0.4, 0.5) is 13.2 Å². The number of methoxy groups -OCH3 is 1. The highest BCUT2D eigenvalue weighted by Gasteiger charge is 2.32. The van der Waals surface area contributed by atoms with Gasteiger partial charge in [-0.05, 0) is 24.9 Å². The third-order valence-electron chi connectivity index (χ3n) is 2.80. The highest BCUT2D eigenvalue weighted by atomic mass is 19.4. The third kappa shape index (κ3) is 7.18. The number of ether oxygens (including phenoxy) is 1. The summed E-state index contributed by atoms with van der Waals surface area (Å²) in [5, 5.41) is 2.98. The van der Waals surface area contributed by atoms with Crippen LogP contribution in [-0.4, -0.2) is 26.4 Å². The van der Waals surface area contributed by atoms with Crippen LogP contribution in [-0.2, 0) is 4.74 Å². The van der Waals surface area contributed by atoms with Crippen LogP contribution in [0, 0.1) is 0 Å². The van der Waals surface area contributed by atoms with Gasteiger partial charge in [0.2, 0.25) is 0 Å². The smallest absolute Gasteiger partial charge is 0.385 e. The molecule has 108 valence electrons. The first-order valence-corrected chi connectivity index (χ1v) is 6.37. The Kier molecular flexibility index (Phi) is 6.87. The van der Waals surface area contributed by atoms with Crippen LogP contribution in [0.5, 0.6) is 0 Å². The largest absolute Gasteiger partial charge is 0.390 e. The molecule has 0 aromatic heterocycles. The summed E-state index contributed by atoms with van der Waals surface area (Å²) in [6.07, 6.45) is -3.37. The zero-order valence-corrected chi connectivity index (χ0v) is 11.0. The minimum Gasteiger partial charge on any atom is -0.385 e. The predicted molar refractivity (Wildman–Crippen MR) is 69.0 cm³/mol. The number of hydrogen-bond acceptors (Lipinski definition) is 2. The Labute approximate surface area is 112 Å². The summed E-state index contributed by atoms with van der Waals surface area (Å²) in [5.41, 5.74) is 0.673. The van der Waals surface area contributed by atoms with Gasteiger partial charge >= 0.3 is 6.18 Å². The highest BCUT2D eigenvalue weighted by Crippen LogP contribution is 2.29. The minimum absolute atomic E-state index is 0.555. The second-order valence-electron chi connectivity index (χ2n) is 4.44. The van der Waals surface area contributed by atoms with Crippen LogP contribution in [0.2, 0.25) is 0 Å². The Hall–Kier alpha value is -1.07. The number of benzene rings is 1. The van der Waals surface area contributed by atoms with E-state index in [4.69, 9.17) is 4.74 Å². The maximum Gasteiger partial charge on any atom is 0.390 e. The number of alkyl halides is 3. The van der Waals surface area contributed by atoms with Crippen LogP contribution in [0.1, 0.15) is 30.9 Å². The maximum atomic E-state index is 12.6. The van der Waals surface area contributed by atoms with E-state index in [-0.39, 0.29) is 0 Å². The van der Waals surface area contributed by atoms with E-state index < -0.39 is 18.6 Å². The molecule has 1 aromatic carbocycles. The van der Waals surface area contributed by atoms with E-state index >= 15 is 0 Å². The molecule has 0 spiro atoms. The molecule has 0 aliphatic carbocycles. The molecule has 0 bridgehead atoms. The van der Waals surface area contributed by atoms with Crippen LogP contribution < -0.4 is 5.32 Å². The summed E-state index contributed by atoms with van der Waals surface area (Å²) in [7, 11) is 1.61. The molecule has 1 rings (SSSR count). The molecule has 2 nitrogen and oxygen atoms in total. The van der Waals surface area contributed by atoms with Crippen molar-refractivity contribution in [2.75, 3.05) is 20.3 Å². The molecule has 0 aliphatic rings. The van der Waals surface area contributed by atoms with Gasteiger partial charge in [-0.1, -0.05) is 30.3 Å². The summed E-state index contributed by atoms with van der Waals surface area (Å²) >= 11 is 0. The molecule has 0 fully saturated rings. The van der Waals surface area contributed by atoms with Crippen molar-refractivity contribution in [2.24, 2.45) is 0 Å². The molecule has 19 heavy (non-hydrogen) atoms. The molecule has 0 saturated heterocycles. The molecule has 1 aromatic rings. The zero-order chi connectivity index (χ0) is 14.1. The number of rotatable bonds is 8. The van der Waals surface area contributed by atoms with Crippen molar-refractivity contribution in [2.45, 2.75) is 31.5 Å². The first-order chi connectivity index (χ1) is 9.03. The van der Waals surface area contributed by atoms with E-state index in [1.54, 1.807) is 37.4 Å². The highest BCUT2D eigenvalue weighted by molar-refractivity contribution is 5.19. The van der Waals surface area contributed by atoms with E-state index in [1.165, 1.54) is 0 Å². The van der Waals surface area contributed by atoms with Gasteiger partial charge in [0.1, 0.15) is 0 Å². The molecule has 0 saturated carbocycles. The van der Waals surface area contributed by atoms with Crippen LogP contribution >= 0.6 is 0 Å². The van der Waals surface area contributed by atoms with Crippen molar-refractivity contribution in [3.63, 3.8) is 0 Å². The third-order valence-corrected chi connectivity index (χ3v) is 2.80. The molecule has 1 atom stereocenters. The molecule has 1 N–H and O–H groups in total. The van der Waals surface area contributed by atoms with E-state index in [2.05, 4.69) is 5.32 Å². The Bertz CT molecular complexity index is 340. The monoisotopic (exact) mass is 275 g/mol. The van der Waals surface area contributed by atoms with Crippen molar-refractivity contribution < 1.29 is 17.9 Å². The lowest BCUT2D eigenvalue weighted by atomic mass is 10.0. The van der Waals surface area contributed by atoms with Crippen molar-refractivity contribution in [1.82, 2.24) is 5.32 Å². The lowest BCUT2D eigenvalue weighted by Crippen LogP contribution is -2.27. The number of hydrogen-bond donors (Lipinski definition) is 1. The normalized spacial score (nSPS) is 13.5. The summed E-state index contributed by atoms with van der Waals surface area (Å²) in [5.74, 6) is 0. The number of halogens is 3. The fourth-order valence-corrected chi connectivity index (χ4v) is 1.87. The second kappa shape index (κ2) is 8.17. The van der Waals surface area contributed by atoms with Gasteiger partial charge in [-0.25, -0.2) is 0 Å². The van der Waals surface area contributed by atoms with Crippen LogP contribution in [0.25, 0.3) is 0 Å². The van der Waals surface area contributed by atoms with Crippen molar-refractivity contribution in [1.29, 1.82) is 0 Å². The Balaban J connectivity index is 2.51. The number of nitrogens with one attached hydrogen (secondary N) is 1. The van der Waals surface area contributed by atoms with Crippen LogP contribution in [0.3, 0.4) is 0 Å². The first-order valence-electron chi connectivity index (χ1n) is 6.37.